The first-order valence-electron chi connectivity index (χ1n) is 10.6. The quantitative estimate of drug-likeness (QED) is 0.557. The van der Waals surface area contributed by atoms with Crippen LogP contribution in [0.1, 0.15) is 26.5 Å². The summed E-state index contributed by atoms with van der Waals surface area (Å²) in [6, 6.07) is 14.5. The van der Waals surface area contributed by atoms with Crippen molar-refractivity contribution in [3.8, 4) is 0 Å². The lowest BCUT2D eigenvalue weighted by atomic mass is 10.2. The van der Waals surface area contributed by atoms with Crippen LogP contribution in [0.15, 0.2) is 42.5 Å². The molecule has 0 unspecified atom stereocenters. The number of hydrogen-bond donors (Lipinski definition) is 1. The fourth-order valence-electron chi connectivity index (χ4n) is 3.29. The SMILES string of the molecule is CC(C)(C)[Si](C)(C)OCCc1cccc(N2CCN(c3ccc(N)cc3)CC2)n1. The van der Waals surface area contributed by atoms with Crippen molar-refractivity contribution in [3.63, 3.8) is 0 Å². The van der Waals surface area contributed by atoms with E-state index < -0.39 is 8.32 Å². The lowest BCUT2D eigenvalue weighted by Crippen LogP contribution is -2.46. The summed E-state index contributed by atoms with van der Waals surface area (Å²) in [7, 11) is -1.70. The predicted molar refractivity (Wildman–Crippen MR) is 126 cm³/mol. The molecule has 1 aromatic carbocycles. The Labute approximate surface area is 177 Å². The maximum absolute atomic E-state index is 6.32. The van der Waals surface area contributed by atoms with E-state index in [4.69, 9.17) is 15.1 Å². The lowest BCUT2D eigenvalue weighted by molar-refractivity contribution is 0.291. The first kappa shape index (κ1) is 21.7. The van der Waals surface area contributed by atoms with Crippen LogP contribution in [0.4, 0.5) is 17.2 Å². The molecule has 1 aliphatic rings. The highest BCUT2D eigenvalue weighted by molar-refractivity contribution is 6.74. The van der Waals surface area contributed by atoms with Crippen LogP contribution in [0, 0.1) is 0 Å². The normalized spacial score (nSPS) is 15.6. The minimum Gasteiger partial charge on any atom is -0.416 e. The highest BCUT2D eigenvalue weighted by Gasteiger charge is 2.36. The van der Waals surface area contributed by atoms with Gasteiger partial charge in [0.25, 0.3) is 0 Å². The third kappa shape index (κ3) is 5.51. The van der Waals surface area contributed by atoms with Gasteiger partial charge in [0.2, 0.25) is 0 Å². The van der Waals surface area contributed by atoms with Gasteiger partial charge in [-0.15, -0.1) is 0 Å². The standard InChI is InChI=1S/C23H36N4OSi/c1-23(2,3)29(4,5)28-18-13-20-7-6-8-22(25-20)27-16-14-26(15-17-27)21-11-9-19(24)10-12-21/h6-12H,13-18,24H2,1-5H3. The van der Waals surface area contributed by atoms with Crippen molar-refractivity contribution < 1.29 is 4.43 Å². The van der Waals surface area contributed by atoms with Crippen molar-refractivity contribution in [1.82, 2.24) is 4.98 Å². The van der Waals surface area contributed by atoms with Crippen LogP contribution in [0.3, 0.4) is 0 Å². The molecule has 0 atom stereocenters. The molecule has 1 saturated heterocycles. The van der Waals surface area contributed by atoms with Crippen LogP contribution in [-0.2, 0) is 10.8 Å². The highest BCUT2D eigenvalue weighted by Crippen LogP contribution is 2.36. The first-order chi connectivity index (χ1) is 13.7. The Kier molecular flexibility index (Phi) is 6.54. The smallest absolute Gasteiger partial charge is 0.191 e. The minimum atomic E-state index is -1.70. The summed E-state index contributed by atoms with van der Waals surface area (Å²) in [4.78, 5) is 9.70. The number of benzene rings is 1. The second kappa shape index (κ2) is 8.75. The van der Waals surface area contributed by atoms with Crippen LogP contribution < -0.4 is 15.5 Å². The second-order valence-electron chi connectivity index (χ2n) is 9.41. The van der Waals surface area contributed by atoms with E-state index in [0.717, 1.165) is 56.4 Å². The summed E-state index contributed by atoms with van der Waals surface area (Å²) < 4.78 is 6.32. The molecule has 2 heterocycles. The van der Waals surface area contributed by atoms with Crippen LogP contribution >= 0.6 is 0 Å². The molecule has 0 amide bonds. The van der Waals surface area contributed by atoms with Gasteiger partial charge in [-0.05, 0) is 54.5 Å². The highest BCUT2D eigenvalue weighted by atomic mass is 28.4. The van der Waals surface area contributed by atoms with Crippen molar-refractivity contribution in [2.24, 2.45) is 0 Å². The molecule has 0 spiro atoms. The maximum Gasteiger partial charge on any atom is 0.191 e. The van der Waals surface area contributed by atoms with Gasteiger partial charge in [-0.25, -0.2) is 4.98 Å². The number of rotatable bonds is 6. The molecule has 2 aromatic rings. The van der Waals surface area contributed by atoms with Crippen LogP contribution in [0.5, 0.6) is 0 Å². The number of pyridine rings is 1. The summed E-state index contributed by atoms with van der Waals surface area (Å²) in [6.45, 7) is 16.1. The molecule has 0 bridgehead atoms. The van der Waals surface area contributed by atoms with Gasteiger partial charge in [-0.2, -0.15) is 0 Å². The Morgan fingerprint density at radius 1 is 0.966 bits per heavy atom. The molecule has 29 heavy (non-hydrogen) atoms. The number of anilines is 3. The predicted octanol–water partition coefficient (Wildman–Crippen LogP) is 4.55. The molecular weight excluding hydrogens is 376 g/mol. The zero-order valence-electron chi connectivity index (χ0n) is 18.6. The van der Waals surface area contributed by atoms with Gasteiger partial charge in [-0.1, -0.05) is 26.8 Å². The number of nitrogens with zero attached hydrogens (tertiary/aromatic N) is 3. The topological polar surface area (TPSA) is 54.6 Å². The van der Waals surface area contributed by atoms with E-state index in [2.05, 4.69) is 74.0 Å². The Bertz CT molecular complexity index is 793. The summed E-state index contributed by atoms with van der Waals surface area (Å²) in [5, 5.41) is 0.242. The van der Waals surface area contributed by atoms with Crippen molar-refractivity contribution in [2.75, 3.05) is 48.3 Å². The number of aromatic nitrogens is 1. The van der Waals surface area contributed by atoms with Crippen molar-refractivity contribution in [3.05, 3.63) is 48.2 Å². The summed E-state index contributed by atoms with van der Waals surface area (Å²) in [5.41, 5.74) is 8.97. The minimum absolute atomic E-state index is 0.242. The van der Waals surface area contributed by atoms with Crippen molar-refractivity contribution >= 4 is 25.5 Å². The van der Waals surface area contributed by atoms with E-state index in [1.54, 1.807) is 0 Å². The average molecular weight is 413 g/mol. The largest absolute Gasteiger partial charge is 0.416 e. The van der Waals surface area contributed by atoms with E-state index in [0.29, 0.717) is 0 Å². The van der Waals surface area contributed by atoms with Gasteiger partial charge in [-0.3, -0.25) is 0 Å². The molecule has 2 N–H and O–H groups in total. The summed E-state index contributed by atoms with van der Waals surface area (Å²) >= 11 is 0. The molecule has 5 nitrogen and oxygen atoms in total. The number of nitrogen functional groups attached to an aromatic ring is 1. The van der Waals surface area contributed by atoms with Crippen molar-refractivity contribution in [2.45, 2.75) is 45.3 Å². The zero-order chi connectivity index (χ0) is 21.1. The van der Waals surface area contributed by atoms with E-state index in [9.17, 15) is 0 Å². The van der Waals surface area contributed by atoms with E-state index >= 15 is 0 Å². The molecule has 0 saturated carbocycles. The van der Waals surface area contributed by atoms with Gasteiger partial charge >= 0.3 is 0 Å². The number of nitrogens with two attached hydrogens (primary N) is 1. The van der Waals surface area contributed by atoms with Crippen LogP contribution in [0.2, 0.25) is 18.1 Å². The first-order valence-corrected chi connectivity index (χ1v) is 13.5. The third-order valence-corrected chi connectivity index (χ3v) is 10.8. The lowest BCUT2D eigenvalue weighted by Gasteiger charge is -2.37. The number of hydrogen-bond acceptors (Lipinski definition) is 5. The molecule has 1 fully saturated rings. The van der Waals surface area contributed by atoms with Crippen LogP contribution in [-0.4, -0.2) is 46.1 Å². The molecule has 6 heteroatoms. The Morgan fingerprint density at radius 3 is 2.21 bits per heavy atom. The van der Waals surface area contributed by atoms with Crippen LogP contribution in [0.25, 0.3) is 0 Å². The Morgan fingerprint density at radius 2 is 1.59 bits per heavy atom. The molecule has 0 radical (unpaired) electrons. The third-order valence-electron chi connectivity index (χ3n) is 6.28. The Hall–Kier alpha value is -2.05. The maximum atomic E-state index is 6.32. The summed E-state index contributed by atoms with van der Waals surface area (Å²) in [6.07, 6.45) is 0.867. The summed E-state index contributed by atoms with van der Waals surface area (Å²) in [5.74, 6) is 1.08. The van der Waals surface area contributed by atoms with E-state index in [-0.39, 0.29) is 5.04 Å². The zero-order valence-corrected chi connectivity index (χ0v) is 19.6. The monoisotopic (exact) mass is 412 g/mol. The second-order valence-corrected chi connectivity index (χ2v) is 14.2. The van der Waals surface area contributed by atoms with Gasteiger partial charge in [0, 0.05) is 56.3 Å². The van der Waals surface area contributed by atoms with Gasteiger partial charge < -0.3 is 20.0 Å². The van der Waals surface area contributed by atoms with Gasteiger partial charge in [0.1, 0.15) is 5.82 Å². The van der Waals surface area contributed by atoms with Crippen molar-refractivity contribution in [1.29, 1.82) is 0 Å². The molecule has 0 aliphatic carbocycles. The van der Waals surface area contributed by atoms with Gasteiger partial charge in [0.15, 0.2) is 8.32 Å². The number of piperazine rings is 1. The molecule has 1 aliphatic heterocycles. The fraction of sp³-hybridized carbons (Fsp3) is 0.522. The fourth-order valence-corrected chi connectivity index (χ4v) is 4.33. The Balaban J connectivity index is 1.54. The molecular formula is C23H36N4OSi. The van der Waals surface area contributed by atoms with E-state index in [1.807, 2.05) is 12.1 Å². The average Bonchev–Trinajstić information content (AvgIpc) is 2.68. The molecule has 158 valence electrons. The van der Waals surface area contributed by atoms with Gasteiger partial charge in [0.05, 0.1) is 0 Å². The van der Waals surface area contributed by atoms with E-state index in [1.165, 1.54) is 5.69 Å². The molecule has 1 aromatic heterocycles. The molecule has 3 rings (SSSR count).